The van der Waals surface area contributed by atoms with Gasteiger partial charge in [0.15, 0.2) is 0 Å². The molecule has 0 nitrogen and oxygen atoms in total. The van der Waals surface area contributed by atoms with Gasteiger partial charge in [0, 0.05) is 60.7 Å². The maximum Gasteiger partial charge on any atom is 0.0540 e. The van der Waals surface area contributed by atoms with Crippen molar-refractivity contribution < 1.29 is 0 Å². The summed E-state index contributed by atoms with van der Waals surface area (Å²) < 4.78 is 9.64. The molecule has 0 bridgehead atoms. The Morgan fingerprint density at radius 1 is 0.380 bits per heavy atom. The van der Waals surface area contributed by atoms with Crippen molar-refractivity contribution in [3.05, 3.63) is 138 Å². The number of hydrogen-bond donors (Lipinski definition) is 0. The zero-order chi connectivity index (χ0) is 32.5. The van der Waals surface area contributed by atoms with Crippen molar-refractivity contribution in [3.8, 4) is 22.3 Å². The quantitative estimate of drug-likeness (QED) is 0.168. The molecule has 0 saturated carbocycles. The van der Waals surface area contributed by atoms with Crippen molar-refractivity contribution in [3.63, 3.8) is 0 Å². The van der Waals surface area contributed by atoms with E-state index in [1.807, 2.05) is 45.3 Å². The molecule has 7 aromatic carbocycles. The Labute approximate surface area is 303 Å². The van der Waals surface area contributed by atoms with E-state index in [0.29, 0.717) is 0 Å². The molecule has 0 unspecified atom stereocenters. The fourth-order valence-corrected chi connectivity index (χ4v) is 13.3. The van der Waals surface area contributed by atoms with Crippen LogP contribution in [0, 0.1) is 0 Å². The van der Waals surface area contributed by atoms with E-state index in [1.165, 1.54) is 114 Å². The highest BCUT2D eigenvalue weighted by molar-refractivity contribution is 7.34. The maximum atomic E-state index is 2.44. The predicted octanol–water partition coefficient (Wildman–Crippen LogP) is 15.5. The maximum absolute atomic E-state index is 2.44. The summed E-state index contributed by atoms with van der Waals surface area (Å²) in [5, 5.41) is 12.4. The van der Waals surface area contributed by atoms with E-state index in [4.69, 9.17) is 0 Å². The molecule has 4 heteroatoms. The predicted molar refractivity (Wildman–Crippen MR) is 226 cm³/mol. The highest BCUT2D eigenvalue weighted by atomic mass is 32.1. The monoisotopic (exact) mass is 706 g/mol. The van der Waals surface area contributed by atoms with E-state index in [9.17, 15) is 0 Å². The van der Waals surface area contributed by atoms with Gasteiger partial charge >= 0.3 is 0 Å². The minimum atomic E-state index is 1.14. The summed E-state index contributed by atoms with van der Waals surface area (Å²) in [7, 11) is 0. The van der Waals surface area contributed by atoms with Crippen LogP contribution in [0.25, 0.3) is 110 Å². The lowest BCUT2D eigenvalue weighted by molar-refractivity contribution is 1.01. The summed E-state index contributed by atoms with van der Waals surface area (Å²) in [5.74, 6) is 0. The highest BCUT2D eigenvalue weighted by Gasteiger charge is 2.20. The zero-order valence-electron chi connectivity index (χ0n) is 26.7. The van der Waals surface area contributed by atoms with Crippen LogP contribution < -0.4 is 0 Å². The van der Waals surface area contributed by atoms with Gasteiger partial charge in [-0.3, -0.25) is 0 Å². The van der Waals surface area contributed by atoms with Crippen LogP contribution in [0.2, 0.25) is 0 Å². The van der Waals surface area contributed by atoms with Gasteiger partial charge < -0.3 is 0 Å². The van der Waals surface area contributed by atoms with E-state index >= 15 is 0 Å². The average molecular weight is 707 g/mol. The van der Waals surface area contributed by atoms with Crippen molar-refractivity contribution in [2.24, 2.45) is 0 Å². The van der Waals surface area contributed by atoms with Crippen LogP contribution in [0.5, 0.6) is 0 Å². The Morgan fingerprint density at radius 2 is 0.920 bits per heavy atom. The van der Waals surface area contributed by atoms with Crippen LogP contribution in [0.4, 0.5) is 0 Å². The van der Waals surface area contributed by atoms with Gasteiger partial charge in [0.1, 0.15) is 0 Å². The Morgan fingerprint density at radius 3 is 1.60 bits per heavy atom. The SMILES string of the molecule is C1=Cc2sc3ccc(-c4ccc5c(c4)sc4c6sc7cc(-c8ccc9sc%10ccccc%10c9c8)ccc7c6c6ccccc6c54)cc3c2CC1. The van der Waals surface area contributed by atoms with Gasteiger partial charge in [0.25, 0.3) is 0 Å². The Hall–Kier alpha value is -4.84. The van der Waals surface area contributed by atoms with Crippen LogP contribution in [-0.4, -0.2) is 0 Å². The summed E-state index contributed by atoms with van der Waals surface area (Å²) in [6.07, 6.45) is 6.92. The molecule has 12 rings (SSSR count). The molecule has 4 aromatic heterocycles. The molecule has 0 atom stereocenters. The molecule has 4 heterocycles. The molecule has 0 spiro atoms. The Kier molecular flexibility index (Phi) is 5.78. The first kappa shape index (κ1) is 27.9. The van der Waals surface area contributed by atoms with Gasteiger partial charge in [-0.05, 0) is 105 Å². The normalized spacial score (nSPS) is 13.4. The standard InChI is InChI=1S/C46H26S4/c1-2-10-32-31(9-1)43-33-17-13-27(25-15-19-39-35(21-25)29-7-3-5-11-37(29)47-39)23-41(33)49-45(43)46-44(32)34-18-14-28(24-42(34)50-46)26-16-20-40-36(22-26)30-8-4-6-12-38(30)48-40/h1-3,5-7,9-24H,4,8H2. The first-order valence-electron chi connectivity index (χ1n) is 17.1. The van der Waals surface area contributed by atoms with Gasteiger partial charge in [0.05, 0.1) is 9.40 Å². The van der Waals surface area contributed by atoms with Crippen LogP contribution in [0.3, 0.4) is 0 Å². The molecule has 11 aromatic rings. The first-order chi connectivity index (χ1) is 24.7. The van der Waals surface area contributed by atoms with Crippen molar-refractivity contribution in [2.75, 3.05) is 0 Å². The molecule has 234 valence electrons. The number of aryl methyl sites for hydroxylation is 1. The molecule has 1 aliphatic rings. The average Bonchev–Trinajstić information content (AvgIpc) is 3.93. The minimum absolute atomic E-state index is 1.14. The molecular weight excluding hydrogens is 681 g/mol. The van der Waals surface area contributed by atoms with Crippen LogP contribution in [0.1, 0.15) is 16.9 Å². The zero-order valence-corrected chi connectivity index (χ0v) is 30.0. The summed E-state index contributed by atoms with van der Waals surface area (Å²) in [6, 6.07) is 46.2. The van der Waals surface area contributed by atoms with Crippen LogP contribution in [-0.2, 0) is 6.42 Å². The number of thiophene rings is 4. The van der Waals surface area contributed by atoms with Gasteiger partial charge in [-0.25, -0.2) is 0 Å². The second kappa shape index (κ2) is 10.3. The number of hydrogen-bond acceptors (Lipinski definition) is 4. The number of fused-ring (bicyclic) bond motifs is 16. The molecule has 50 heavy (non-hydrogen) atoms. The third kappa shape index (κ3) is 3.91. The third-order valence-electron chi connectivity index (χ3n) is 10.7. The Bertz CT molecular complexity index is 3270. The number of rotatable bonds is 2. The second-order valence-electron chi connectivity index (χ2n) is 13.5. The van der Waals surface area contributed by atoms with Gasteiger partial charge in [-0.2, -0.15) is 0 Å². The molecule has 1 aliphatic carbocycles. The van der Waals surface area contributed by atoms with E-state index < -0.39 is 0 Å². The largest absolute Gasteiger partial charge is 0.136 e. The second-order valence-corrected chi connectivity index (χ2v) is 17.8. The smallest absolute Gasteiger partial charge is 0.0540 e. The lowest BCUT2D eigenvalue weighted by Gasteiger charge is -2.07. The fraction of sp³-hybridized carbons (Fsp3) is 0.0435. The lowest BCUT2D eigenvalue weighted by Crippen LogP contribution is -1.89. The molecular formula is C46H26S4. The highest BCUT2D eigenvalue weighted by Crippen LogP contribution is 2.50. The topological polar surface area (TPSA) is 0 Å². The minimum Gasteiger partial charge on any atom is -0.136 e. The van der Waals surface area contributed by atoms with E-state index in [0.717, 1.165) is 12.8 Å². The van der Waals surface area contributed by atoms with E-state index in [1.54, 1.807) is 0 Å². The van der Waals surface area contributed by atoms with E-state index in [-0.39, 0.29) is 0 Å². The van der Waals surface area contributed by atoms with Crippen molar-refractivity contribution >= 4 is 133 Å². The molecule has 0 aliphatic heterocycles. The summed E-state index contributed by atoms with van der Waals surface area (Å²) in [6.45, 7) is 0. The third-order valence-corrected chi connectivity index (χ3v) is 15.5. The van der Waals surface area contributed by atoms with Gasteiger partial charge in [-0.1, -0.05) is 84.9 Å². The van der Waals surface area contributed by atoms with Crippen molar-refractivity contribution in [1.82, 2.24) is 0 Å². The van der Waals surface area contributed by atoms with Gasteiger partial charge in [-0.15, -0.1) is 45.3 Å². The summed E-state index contributed by atoms with van der Waals surface area (Å²) in [5.41, 5.74) is 6.70. The fourth-order valence-electron chi connectivity index (χ4n) is 8.39. The molecule has 0 fully saturated rings. The Balaban J connectivity index is 1.06. The van der Waals surface area contributed by atoms with Crippen LogP contribution >= 0.6 is 45.3 Å². The van der Waals surface area contributed by atoms with Gasteiger partial charge in [0.2, 0.25) is 0 Å². The van der Waals surface area contributed by atoms with Crippen molar-refractivity contribution in [2.45, 2.75) is 12.8 Å². The number of benzene rings is 7. The van der Waals surface area contributed by atoms with E-state index in [2.05, 4.69) is 133 Å². The summed E-state index contributed by atoms with van der Waals surface area (Å²) >= 11 is 7.74. The first-order valence-corrected chi connectivity index (χ1v) is 20.4. The van der Waals surface area contributed by atoms with Crippen LogP contribution in [0.15, 0.2) is 127 Å². The molecule has 0 radical (unpaired) electrons. The summed E-state index contributed by atoms with van der Waals surface area (Å²) in [4.78, 5) is 1.44. The lowest BCUT2D eigenvalue weighted by atomic mass is 9.96. The number of allylic oxidation sites excluding steroid dienone is 1. The molecule has 0 amide bonds. The molecule has 0 saturated heterocycles. The molecule has 0 N–H and O–H groups in total. The van der Waals surface area contributed by atoms with Crippen molar-refractivity contribution in [1.29, 1.82) is 0 Å².